The third kappa shape index (κ3) is 2.15. The maximum absolute atomic E-state index is 8.56. The predicted molar refractivity (Wildman–Crippen MR) is 48.1 cm³/mol. The van der Waals surface area contributed by atoms with Gasteiger partial charge in [-0.2, -0.15) is 0 Å². The van der Waals surface area contributed by atoms with Crippen LogP contribution < -0.4 is 0 Å². The van der Waals surface area contributed by atoms with Gasteiger partial charge in [0.05, 0.1) is 24.7 Å². The molecule has 4 unspecified atom stereocenters. The van der Waals surface area contributed by atoms with Gasteiger partial charge in [-0.1, -0.05) is 13.8 Å². The molecule has 0 radical (unpaired) electrons. The Kier molecular flexibility index (Phi) is 3.24. The van der Waals surface area contributed by atoms with Crippen LogP contribution in [0.4, 0.5) is 0 Å². The highest BCUT2D eigenvalue weighted by Crippen LogP contribution is 2.36. The molecule has 0 aliphatic carbocycles. The lowest BCUT2D eigenvalue weighted by Crippen LogP contribution is -2.36. The molecule has 2 heterocycles. The van der Waals surface area contributed by atoms with E-state index < -0.39 is 6.10 Å². The minimum absolute atomic E-state index is 0.00921. The fourth-order valence-electron chi connectivity index (χ4n) is 2.28. The van der Waals surface area contributed by atoms with Crippen molar-refractivity contribution in [3.63, 3.8) is 0 Å². The Morgan fingerprint density at radius 1 is 1.20 bits per heavy atom. The van der Waals surface area contributed by atoms with Crippen LogP contribution in [-0.2, 0) is 14.3 Å². The SMILES string of the molecule is CC(C)C1COC2C(ON(O)O)COC12. The Hall–Kier alpha value is -0.240. The molecular weight excluding hydrogens is 202 g/mol. The third-order valence-electron chi connectivity index (χ3n) is 3.13. The van der Waals surface area contributed by atoms with Crippen molar-refractivity contribution in [2.75, 3.05) is 13.2 Å². The van der Waals surface area contributed by atoms with Crippen molar-refractivity contribution in [1.29, 1.82) is 0 Å². The van der Waals surface area contributed by atoms with Crippen LogP contribution in [0.5, 0.6) is 0 Å². The molecule has 2 N–H and O–H groups in total. The lowest BCUT2D eigenvalue weighted by molar-refractivity contribution is -0.507. The Bertz CT molecular complexity index is 223. The van der Waals surface area contributed by atoms with E-state index in [-0.39, 0.29) is 17.6 Å². The van der Waals surface area contributed by atoms with E-state index in [0.717, 1.165) is 0 Å². The van der Waals surface area contributed by atoms with Crippen LogP contribution in [0.15, 0.2) is 0 Å². The molecule has 0 saturated carbocycles. The minimum atomic E-state index is -0.436. The first kappa shape index (κ1) is 11.3. The molecule has 2 saturated heterocycles. The molecule has 15 heavy (non-hydrogen) atoms. The molecule has 0 aromatic rings. The molecule has 2 aliphatic rings. The van der Waals surface area contributed by atoms with Crippen molar-refractivity contribution >= 4 is 0 Å². The lowest BCUT2D eigenvalue weighted by atomic mass is 9.90. The summed E-state index contributed by atoms with van der Waals surface area (Å²) in [5.41, 5.74) is 0. The summed E-state index contributed by atoms with van der Waals surface area (Å²) in [5.74, 6) is 0.840. The molecule has 0 aromatic carbocycles. The van der Waals surface area contributed by atoms with E-state index in [1.165, 1.54) is 0 Å². The zero-order chi connectivity index (χ0) is 11.0. The number of rotatable bonds is 3. The quantitative estimate of drug-likeness (QED) is 0.671. The molecule has 0 bridgehead atoms. The topological polar surface area (TPSA) is 71.4 Å². The predicted octanol–water partition coefficient (Wildman–Crippen LogP) is 0.437. The standard InChI is InChI=1S/C9H17NO5/c1-5(2)6-3-13-9-7(15-10(11)12)4-14-8(6)9/h5-9,11-12H,3-4H2,1-2H3. The Labute approximate surface area is 88.2 Å². The first-order valence-corrected chi connectivity index (χ1v) is 5.17. The molecule has 2 aliphatic heterocycles. The molecule has 6 nitrogen and oxygen atoms in total. The minimum Gasteiger partial charge on any atom is -0.372 e. The molecule has 6 heteroatoms. The van der Waals surface area contributed by atoms with Gasteiger partial charge in [0.15, 0.2) is 0 Å². The molecule has 2 rings (SSSR count). The zero-order valence-corrected chi connectivity index (χ0v) is 8.87. The van der Waals surface area contributed by atoms with Crippen molar-refractivity contribution in [3.8, 4) is 0 Å². The normalized spacial score (nSPS) is 40.4. The van der Waals surface area contributed by atoms with E-state index in [0.29, 0.717) is 25.0 Å². The van der Waals surface area contributed by atoms with Gasteiger partial charge in [0.2, 0.25) is 0 Å². The molecule has 0 spiro atoms. The van der Waals surface area contributed by atoms with Gasteiger partial charge in [-0.15, -0.1) is 0 Å². The van der Waals surface area contributed by atoms with Gasteiger partial charge < -0.3 is 9.47 Å². The summed E-state index contributed by atoms with van der Waals surface area (Å²) in [6, 6.07) is 0. The second-order valence-corrected chi connectivity index (χ2v) is 4.40. The van der Waals surface area contributed by atoms with Crippen LogP contribution in [0, 0.1) is 11.8 Å². The Morgan fingerprint density at radius 3 is 2.47 bits per heavy atom. The summed E-state index contributed by atoms with van der Waals surface area (Å²) in [6.45, 7) is 5.22. The highest BCUT2D eigenvalue weighted by Gasteiger charge is 2.49. The van der Waals surface area contributed by atoms with Crippen LogP contribution in [-0.4, -0.2) is 47.3 Å². The summed E-state index contributed by atoms with van der Waals surface area (Å²) in [5, 5.41) is 16.9. The first-order chi connectivity index (χ1) is 7.09. The summed E-state index contributed by atoms with van der Waals surface area (Å²) in [7, 11) is 0. The van der Waals surface area contributed by atoms with E-state index >= 15 is 0 Å². The average Bonchev–Trinajstić information content (AvgIpc) is 2.66. The van der Waals surface area contributed by atoms with Gasteiger partial charge in [-0.25, -0.2) is 4.84 Å². The molecule has 0 amide bonds. The smallest absolute Gasteiger partial charge is 0.136 e. The Morgan fingerprint density at radius 2 is 1.87 bits per heavy atom. The fraction of sp³-hybridized carbons (Fsp3) is 1.00. The second kappa shape index (κ2) is 4.32. The summed E-state index contributed by atoms with van der Waals surface area (Å²) >= 11 is 0. The highest BCUT2D eigenvalue weighted by molar-refractivity contribution is 4.95. The molecule has 88 valence electrons. The molecule has 0 aromatic heterocycles. The largest absolute Gasteiger partial charge is 0.372 e. The van der Waals surface area contributed by atoms with Gasteiger partial charge in [0.1, 0.15) is 12.2 Å². The van der Waals surface area contributed by atoms with Crippen molar-refractivity contribution in [1.82, 2.24) is 5.39 Å². The van der Waals surface area contributed by atoms with E-state index in [4.69, 9.17) is 24.7 Å². The van der Waals surface area contributed by atoms with Crippen molar-refractivity contribution < 1.29 is 24.7 Å². The monoisotopic (exact) mass is 219 g/mol. The maximum atomic E-state index is 8.56. The van der Waals surface area contributed by atoms with Gasteiger partial charge >= 0.3 is 0 Å². The van der Waals surface area contributed by atoms with E-state index in [9.17, 15) is 0 Å². The lowest BCUT2D eigenvalue weighted by Gasteiger charge is -2.19. The Balaban J connectivity index is 1.96. The van der Waals surface area contributed by atoms with Crippen LogP contribution in [0.25, 0.3) is 0 Å². The highest BCUT2D eigenvalue weighted by atomic mass is 17.1. The molecule has 2 fully saturated rings. The average molecular weight is 219 g/mol. The van der Waals surface area contributed by atoms with Crippen molar-refractivity contribution in [2.24, 2.45) is 11.8 Å². The number of ether oxygens (including phenoxy) is 2. The molecular formula is C9H17NO5. The van der Waals surface area contributed by atoms with Gasteiger partial charge in [-0.05, 0) is 5.92 Å². The van der Waals surface area contributed by atoms with E-state index in [1.807, 2.05) is 0 Å². The third-order valence-corrected chi connectivity index (χ3v) is 3.13. The van der Waals surface area contributed by atoms with Crippen LogP contribution >= 0.6 is 0 Å². The number of fused-ring (bicyclic) bond motifs is 1. The number of nitrogens with zero attached hydrogens (tertiary/aromatic N) is 1. The number of hydrogen-bond acceptors (Lipinski definition) is 6. The number of hydrogen-bond donors (Lipinski definition) is 2. The van der Waals surface area contributed by atoms with Gasteiger partial charge in [0.25, 0.3) is 0 Å². The first-order valence-electron chi connectivity index (χ1n) is 5.17. The molecule has 4 atom stereocenters. The van der Waals surface area contributed by atoms with E-state index in [1.54, 1.807) is 0 Å². The van der Waals surface area contributed by atoms with E-state index in [2.05, 4.69) is 13.8 Å². The van der Waals surface area contributed by atoms with Crippen LogP contribution in [0.1, 0.15) is 13.8 Å². The maximum Gasteiger partial charge on any atom is 0.136 e. The van der Waals surface area contributed by atoms with Crippen molar-refractivity contribution in [3.05, 3.63) is 0 Å². The van der Waals surface area contributed by atoms with Crippen LogP contribution in [0.2, 0.25) is 0 Å². The summed E-state index contributed by atoms with van der Waals surface area (Å²) in [6.07, 6.45) is -0.622. The second-order valence-electron chi connectivity index (χ2n) is 4.40. The van der Waals surface area contributed by atoms with Crippen LogP contribution in [0.3, 0.4) is 0 Å². The summed E-state index contributed by atoms with van der Waals surface area (Å²) in [4.78, 5) is 4.75. The van der Waals surface area contributed by atoms with Crippen molar-refractivity contribution in [2.45, 2.75) is 32.2 Å². The summed E-state index contributed by atoms with van der Waals surface area (Å²) < 4.78 is 11.1. The van der Waals surface area contributed by atoms with Gasteiger partial charge in [0, 0.05) is 5.92 Å². The zero-order valence-electron chi connectivity index (χ0n) is 8.87. The fourth-order valence-corrected chi connectivity index (χ4v) is 2.28. The van der Waals surface area contributed by atoms with Gasteiger partial charge in [-0.3, -0.25) is 10.4 Å².